The molecule has 0 saturated carbocycles. The van der Waals surface area contributed by atoms with Crippen molar-refractivity contribution in [1.82, 2.24) is 15.5 Å². The van der Waals surface area contributed by atoms with Crippen LogP contribution in [0.2, 0.25) is 0 Å². The largest absolute Gasteiger partial charge is 0.490 e. The van der Waals surface area contributed by atoms with Gasteiger partial charge in [-0.1, -0.05) is 87.5 Å². The Morgan fingerprint density at radius 1 is 1.07 bits per heavy atom. The van der Waals surface area contributed by atoms with E-state index in [1.807, 2.05) is 32.0 Å². The highest BCUT2D eigenvalue weighted by Gasteiger charge is 2.15. The fourth-order valence-corrected chi connectivity index (χ4v) is 4.77. The minimum absolute atomic E-state index is 0.0231. The monoisotopic (exact) mass is 683 g/mol. The molecule has 46 heavy (non-hydrogen) atoms. The standard InChI is InChI=1S/C17H23NO5S2.C7H8.C6H12N2O4.C2H6/c1-4-8-17(25(21,22)18-5-2)11-7-14-23-15-9-6-10-16(13-12-15)24(3,19)20;1-7-5-3-2-4-6-7;1-2-12-6(10)7-4-3-5(9)8-11;1-2/h4,6-13,16,18H,1,5,14H2,2-3H3;2-6H,1H3;11H,2-4H2,1H3,(H,7,10)(H,8,9);1-2H3/b11-7-,17-8+;;;. The van der Waals surface area contributed by atoms with Crippen molar-refractivity contribution < 1.29 is 41.1 Å². The SMILES string of the molecule is C=C/C=C(\C=C/COC1=CC=CC(S(C)(=O)=O)C=C1)S(=O)(=O)NCC.CC.CCOC(=O)NCCC(=O)NO.Cc1ccccc1. The molecule has 1 aromatic carbocycles. The maximum absolute atomic E-state index is 12.0. The lowest BCUT2D eigenvalue weighted by atomic mass is 10.2. The Morgan fingerprint density at radius 3 is 2.22 bits per heavy atom. The molecular weight excluding hydrogens is 634 g/mol. The second kappa shape index (κ2) is 26.3. The quantitative estimate of drug-likeness (QED) is 0.131. The van der Waals surface area contributed by atoms with Crippen LogP contribution >= 0.6 is 0 Å². The maximum atomic E-state index is 12.0. The van der Waals surface area contributed by atoms with Crippen LogP contribution in [0.15, 0.2) is 102 Å². The number of sulfonamides is 1. The fraction of sp³-hybridized carbons (Fsp3) is 0.375. The van der Waals surface area contributed by atoms with Gasteiger partial charge in [0.1, 0.15) is 12.4 Å². The Balaban J connectivity index is 0. The number of aryl methyl sites for hydroxylation is 1. The summed E-state index contributed by atoms with van der Waals surface area (Å²) in [6.07, 6.45) is 14.3. The van der Waals surface area contributed by atoms with Crippen LogP contribution in [0.4, 0.5) is 4.79 Å². The van der Waals surface area contributed by atoms with Crippen molar-refractivity contribution >= 4 is 31.9 Å². The first-order chi connectivity index (χ1) is 21.8. The van der Waals surface area contributed by atoms with E-state index < -0.39 is 37.1 Å². The Bertz CT molecular complexity index is 1400. The molecule has 2 rings (SSSR count). The molecule has 258 valence electrons. The van der Waals surface area contributed by atoms with Gasteiger partial charge >= 0.3 is 6.09 Å². The highest BCUT2D eigenvalue weighted by molar-refractivity contribution is 7.93. The minimum Gasteiger partial charge on any atom is -0.490 e. The number of hydrogen-bond donors (Lipinski definition) is 4. The van der Waals surface area contributed by atoms with Gasteiger partial charge in [0.2, 0.25) is 15.9 Å². The van der Waals surface area contributed by atoms with Crippen LogP contribution < -0.4 is 15.5 Å². The van der Waals surface area contributed by atoms with Crippen molar-refractivity contribution in [2.75, 3.05) is 32.6 Å². The van der Waals surface area contributed by atoms with Gasteiger partial charge in [0, 0.05) is 25.8 Å². The summed E-state index contributed by atoms with van der Waals surface area (Å²) in [5.74, 6) is -0.0670. The lowest BCUT2D eigenvalue weighted by Crippen LogP contribution is -2.29. The van der Waals surface area contributed by atoms with Gasteiger partial charge in [-0.05, 0) is 44.2 Å². The molecular formula is C32H49N3O9S2. The Labute approximate surface area is 274 Å². The van der Waals surface area contributed by atoms with E-state index in [4.69, 9.17) is 9.94 Å². The summed E-state index contributed by atoms with van der Waals surface area (Å²) in [4.78, 5) is 21.1. The summed E-state index contributed by atoms with van der Waals surface area (Å²) >= 11 is 0. The van der Waals surface area contributed by atoms with Crippen LogP contribution in [-0.2, 0) is 34.1 Å². The van der Waals surface area contributed by atoms with Gasteiger partial charge in [0.25, 0.3) is 0 Å². The zero-order valence-corrected chi connectivity index (χ0v) is 29.1. The number of nitrogens with one attached hydrogen (secondary N) is 3. The number of ether oxygens (including phenoxy) is 2. The normalized spacial score (nSPS) is 14.0. The molecule has 0 saturated heterocycles. The molecule has 0 spiro atoms. The van der Waals surface area contributed by atoms with Crippen molar-refractivity contribution in [1.29, 1.82) is 0 Å². The number of amides is 2. The lowest BCUT2D eigenvalue weighted by molar-refractivity contribution is -0.129. The second-order valence-corrected chi connectivity index (χ2v) is 12.7. The van der Waals surface area contributed by atoms with Crippen LogP contribution in [0.25, 0.3) is 0 Å². The molecule has 1 aliphatic carbocycles. The predicted octanol–water partition coefficient (Wildman–Crippen LogP) is 4.64. The summed E-state index contributed by atoms with van der Waals surface area (Å²) in [6.45, 7) is 13.8. The number of carbonyl (C=O) groups is 2. The zero-order valence-electron chi connectivity index (χ0n) is 27.4. The van der Waals surface area contributed by atoms with E-state index in [0.717, 1.165) is 0 Å². The number of hydroxylamine groups is 1. The summed E-state index contributed by atoms with van der Waals surface area (Å²) in [5, 5.41) is 9.69. The van der Waals surface area contributed by atoms with Gasteiger partial charge < -0.3 is 14.8 Å². The first-order valence-electron chi connectivity index (χ1n) is 14.5. The van der Waals surface area contributed by atoms with Crippen molar-refractivity contribution in [2.24, 2.45) is 0 Å². The molecule has 0 bridgehead atoms. The van der Waals surface area contributed by atoms with Crippen LogP contribution in [0.5, 0.6) is 0 Å². The van der Waals surface area contributed by atoms with Crippen LogP contribution in [0.3, 0.4) is 0 Å². The van der Waals surface area contributed by atoms with Crippen molar-refractivity contribution in [3.63, 3.8) is 0 Å². The van der Waals surface area contributed by atoms with Gasteiger partial charge in [0.15, 0.2) is 9.84 Å². The molecule has 0 fully saturated rings. The van der Waals surface area contributed by atoms with E-state index in [0.29, 0.717) is 5.76 Å². The number of rotatable bonds is 13. The number of alkyl carbamates (subject to hydrolysis) is 1. The van der Waals surface area contributed by atoms with Gasteiger partial charge in [-0.15, -0.1) is 0 Å². The van der Waals surface area contributed by atoms with E-state index in [2.05, 4.69) is 40.4 Å². The summed E-state index contributed by atoms with van der Waals surface area (Å²) < 4.78 is 59.4. The first kappa shape index (κ1) is 44.1. The molecule has 1 atom stereocenters. The summed E-state index contributed by atoms with van der Waals surface area (Å²) in [6, 6.07) is 10.3. The molecule has 0 heterocycles. The molecule has 14 heteroatoms. The topological polar surface area (TPSA) is 177 Å². The predicted molar refractivity (Wildman–Crippen MR) is 183 cm³/mol. The lowest BCUT2D eigenvalue weighted by Gasteiger charge is -2.06. The van der Waals surface area contributed by atoms with Crippen molar-refractivity contribution in [2.45, 2.75) is 46.3 Å². The number of carbonyl (C=O) groups excluding carboxylic acids is 2. The number of allylic oxidation sites excluding steroid dienone is 6. The summed E-state index contributed by atoms with van der Waals surface area (Å²) in [5.41, 5.74) is 2.76. The smallest absolute Gasteiger partial charge is 0.407 e. The Hall–Kier alpha value is -3.98. The van der Waals surface area contributed by atoms with E-state index in [1.54, 1.807) is 44.2 Å². The first-order valence-corrected chi connectivity index (χ1v) is 18.0. The Kier molecular flexibility index (Phi) is 25.2. The highest BCUT2D eigenvalue weighted by atomic mass is 32.2. The molecule has 0 aromatic heterocycles. The summed E-state index contributed by atoms with van der Waals surface area (Å²) in [7, 11) is -6.78. The van der Waals surface area contributed by atoms with Crippen LogP contribution in [0, 0.1) is 6.92 Å². The van der Waals surface area contributed by atoms with E-state index in [1.165, 1.54) is 41.6 Å². The molecule has 0 radical (unpaired) electrons. The third-order valence-electron chi connectivity index (χ3n) is 5.02. The Morgan fingerprint density at radius 2 is 1.72 bits per heavy atom. The average molecular weight is 684 g/mol. The van der Waals surface area contributed by atoms with Crippen LogP contribution in [-0.4, -0.2) is 71.9 Å². The van der Waals surface area contributed by atoms with Crippen LogP contribution in [0.1, 0.15) is 39.7 Å². The van der Waals surface area contributed by atoms with Crippen molar-refractivity contribution in [3.8, 4) is 0 Å². The molecule has 1 aliphatic rings. The number of hydrogen-bond acceptors (Lipinski definition) is 9. The van der Waals surface area contributed by atoms with E-state index in [-0.39, 0.29) is 37.6 Å². The maximum Gasteiger partial charge on any atom is 0.407 e. The van der Waals surface area contributed by atoms with Gasteiger partial charge in [0.05, 0.1) is 16.8 Å². The van der Waals surface area contributed by atoms with Gasteiger partial charge in [-0.2, -0.15) is 0 Å². The molecule has 12 nitrogen and oxygen atoms in total. The average Bonchev–Trinajstić information content (AvgIpc) is 3.27. The molecule has 1 unspecified atom stereocenters. The third kappa shape index (κ3) is 22.5. The molecule has 2 amide bonds. The fourth-order valence-electron chi connectivity index (χ4n) is 2.93. The van der Waals surface area contributed by atoms with Gasteiger partial charge in [-0.3, -0.25) is 10.0 Å². The molecule has 1 aromatic rings. The van der Waals surface area contributed by atoms with E-state index in [9.17, 15) is 26.4 Å². The highest BCUT2D eigenvalue weighted by Crippen LogP contribution is 2.12. The number of sulfone groups is 1. The van der Waals surface area contributed by atoms with E-state index >= 15 is 0 Å². The van der Waals surface area contributed by atoms with Crippen molar-refractivity contribution in [3.05, 3.63) is 108 Å². The minimum atomic E-state index is -3.58. The van der Waals surface area contributed by atoms with Gasteiger partial charge in [-0.25, -0.2) is 31.8 Å². The second-order valence-electron chi connectivity index (χ2n) is 8.71. The molecule has 4 N–H and O–H groups in total. The number of benzene rings is 1. The zero-order chi connectivity index (χ0) is 35.4. The third-order valence-corrected chi connectivity index (χ3v) is 7.89. The molecule has 0 aliphatic heterocycles.